The van der Waals surface area contributed by atoms with E-state index >= 15 is 0 Å². The number of thiazole rings is 1. The molecule has 0 aliphatic carbocycles. The maximum Gasteiger partial charge on any atom is 0.309 e. The minimum Gasteiger partial charge on any atom is -0.497 e. The normalized spacial score (nSPS) is 14.1. The van der Waals surface area contributed by atoms with E-state index in [0.29, 0.717) is 44.8 Å². The van der Waals surface area contributed by atoms with Crippen LogP contribution >= 0.6 is 11.3 Å². The highest BCUT2D eigenvalue weighted by Gasteiger charge is 2.29. The highest BCUT2D eigenvalue weighted by molar-refractivity contribution is 7.09. The molecule has 1 fully saturated rings. The minimum atomic E-state index is -0.157. The van der Waals surface area contributed by atoms with Crippen molar-refractivity contribution in [2.75, 3.05) is 33.4 Å². The van der Waals surface area contributed by atoms with Crippen molar-refractivity contribution >= 4 is 34.1 Å². The summed E-state index contributed by atoms with van der Waals surface area (Å²) in [4.78, 5) is 37.5. The van der Waals surface area contributed by atoms with Crippen molar-refractivity contribution in [3.8, 4) is 5.75 Å². The Morgan fingerprint density at radius 3 is 2.62 bits per heavy atom. The number of carbonyl (C=O) groups is 2. The van der Waals surface area contributed by atoms with E-state index in [1.807, 2.05) is 30.5 Å². The number of hydrogen-bond donors (Lipinski definition) is 1. The second-order valence-electron chi connectivity index (χ2n) is 10.1. The van der Waals surface area contributed by atoms with Gasteiger partial charge in [-0.05, 0) is 55.5 Å². The number of methoxy groups -OCH3 is 1. The molecule has 0 bridgehead atoms. The van der Waals surface area contributed by atoms with Gasteiger partial charge in [0, 0.05) is 48.7 Å². The number of carbonyl (C=O) groups excluding carboxylic acids is 2. The van der Waals surface area contributed by atoms with Gasteiger partial charge in [-0.25, -0.2) is 4.98 Å². The molecule has 2 aromatic heterocycles. The number of aromatic amines is 1. The molecule has 5 rings (SSSR count). The van der Waals surface area contributed by atoms with Crippen LogP contribution < -0.4 is 4.74 Å². The number of nitrogens with zero attached hydrogens (tertiary/aromatic N) is 3. The summed E-state index contributed by atoms with van der Waals surface area (Å²) < 4.78 is 10.5. The van der Waals surface area contributed by atoms with Crippen molar-refractivity contribution in [2.45, 2.75) is 39.3 Å². The first-order chi connectivity index (χ1) is 19.5. The first kappa shape index (κ1) is 27.9. The summed E-state index contributed by atoms with van der Waals surface area (Å²) >= 11 is 1.52. The summed E-state index contributed by atoms with van der Waals surface area (Å²) in [7, 11) is 1.67. The largest absolute Gasteiger partial charge is 0.497 e. The van der Waals surface area contributed by atoms with Gasteiger partial charge in [0.05, 0.1) is 26.2 Å². The van der Waals surface area contributed by atoms with Crippen molar-refractivity contribution in [1.82, 2.24) is 19.8 Å². The first-order valence-corrected chi connectivity index (χ1v) is 14.7. The van der Waals surface area contributed by atoms with E-state index in [4.69, 9.17) is 14.5 Å². The number of H-pyrrole nitrogens is 1. The monoisotopic (exact) mass is 560 g/mol. The summed E-state index contributed by atoms with van der Waals surface area (Å²) in [5.41, 5.74) is 4.11. The molecule has 2 aromatic carbocycles. The van der Waals surface area contributed by atoms with Crippen LogP contribution in [0.5, 0.6) is 5.75 Å². The summed E-state index contributed by atoms with van der Waals surface area (Å²) in [6, 6.07) is 16.5. The van der Waals surface area contributed by atoms with Crippen LogP contribution in [0, 0.1) is 5.92 Å². The van der Waals surface area contributed by atoms with Gasteiger partial charge in [-0.2, -0.15) is 0 Å². The van der Waals surface area contributed by atoms with Gasteiger partial charge in [-0.15, -0.1) is 11.3 Å². The fourth-order valence-electron chi connectivity index (χ4n) is 5.23. The SMILES string of the molecule is CCOC(=O)C1CCN(C(=O)c2csc(CN(CCc3c[nH]c4ccccc34)Cc3ccc(OC)cc3)n2)CC1. The van der Waals surface area contributed by atoms with Crippen LogP contribution in [-0.4, -0.2) is 65.0 Å². The third-order valence-electron chi connectivity index (χ3n) is 7.47. The number of nitrogens with one attached hydrogen (secondary N) is 1. The molecule has 1 aliphatic heterocycles. The van der Waals surface area contributed by atoms with Gasteiger partial charge in [0.25, 0.3) is 5.91 Å². The lowest BCUT2D eigenvalue weighted by molar-refractivity contribution is -0.149. The van der Waals surface area contributed by atoms with Gasteiger partial charge in [0.1, 0.15) is 16.5 Å². The number of benzene rings is 2. The summed E-state index contributed by atoms with van der Waals surface area (Å²) in [6.45, 7) is 5.55. The molecule has 3 heterocycles. The molecule has 210 valence electrons. The average molecular weight is 561 g/mol. The third kappa shape index (κ3) is 6.71. The van der Waals surface area contributed by atoms with E-state index in [1.165, 1.54) is 27.8 Å². The van der Waals surface area contributed by atoms with Crippen LogP contribution in [-0.2, 0) is 29.0 Å². The van der Waals surface area contributed by atoms with E-state index in [-0.39, 0.29) is 17.8 Å². The van der Waals surface area contributed by atoms with Gasteiger partial charge >= 0.3 is 5.97 Å². The fraction of sp³-hybridized carbons (Fsp3) is 0.387. The van der Waals surface area contributed by atoms with E-state index in [1.54, 1.807) is 12.0 Å². The molecule has 0 unspecified atom stereocenters. The number of piperidine rings is 1. The molecule has 1 amide bonds. The molecule has 9 heteroatoms. The van der Waals surface area contributed by atoms with Gasteiger partial charge in [0.2, 0.25) is 0 Å². The lowest BCUT2D eigenvalue weighted by Crippen LogP contribution is -2.40. The molecule has 1 saturated heterocycles. The number of rotatable bonds is 11. The number of fused-ring (bicyclic) bond motifs is 1. The van der Waals surface area contributed by atoms with Crippen LogP contribution in [0.15, 0.2) is 60.1 Å². The second kappa shape index (κ2) is 13.1. The van der Waals surface area contributed by atoms with Crippen molar-refractivity contribution in [3.05, 3.63) is 81.9 Å². The van der Waals surface area contributed by atoms with Crippen molar-refractivity contribution in [3.63, 3.8) is 0 Å². The lowest BCUT2D eigenvalue weighted by atomic mass is 9.97. The Labute approximate surface area is 238 Å². The summed E-state index contributed by atoms with van der Waals surface area (Å²) in [5, 5.41) is 4.03. The molecule has 1 aliphatic rings. The number of ether oxygens (including phenoxy) is 2. The Kier molecular flexibility index (Phi) is 9.13. The molecule has 4 aromatic rings. The molecule has 0 atom stereocenters. The van der Waals surface area contributed by atoms with Crippen LogP contribution in [0.25, 0.3) is 10.9 Å². The number of aromatic nitrogens is 2. The predicted molar refractivity (Wildman–Crippen MR) is 156 cm³/mol. The van der Waals surface area contributed by atoms with Gasteiger partial charge in [-0.1, -0.05) is 30.3 Å². The Hall–Kier alpha value is -3.69. The van der Waals surface area contributed by atoms with Crippen LogP contribution in [0.1, 0.15) is 46.4 Å². The Morgan fingerprint density at radius 1 is 1.10 bits per heavy atom. The van der Waals surface area contributed by atoms with E-state index in [0.717, 1.165) is 35.8 Å². The van der Waals surface area contributed by atoms with E-state index in [2.05, 4.69) is 46.4 Å². The number of esters is 1. The van der Waals surface area contributed by atoms with E-state index in [9.17, 15) is 9.59 Å². The molecule has 0 spiro atoms. The topological polar surface area (TPSA) is 87.8 Å². The Bertz CT molecular complexity index is 1420. The smallest absolute Gasteiger partial charge is 0.309 e. The Balaban J connectivity index is 1.25. The second-order valence-corrected chi connectivity index (χ2v) is 11.1. The van der Waals surface area contributed by atoms with Crippen molar-refractivity contribution in [2.24, 2.45) is 5.92 Å². The molecule has 0 radical (unpaired) electrons. The van der Waals surface area contributed by atoms with E-state index < -0.39 is 0 Å². The maximum atomic E-state index is 13.2. The molecule has 0 saturated carbocycles. The van der Waals surface area contributed by atoms with Gasteiger partial charge in [-0.3, -0.25) is 14.5 Å². The number of likely N-dealkylation sites (tertiary alicyclic amines) is 1. The predicted octanol–water partition coefficient (Wildman–Crippen LogP) is 5.29. The molecular weight excluding hydrogens is 524 g/mol. The minimum absolute atomic E-state index is 0.0645. The van der Waals surface area contributed by atoms with Crippen molar-refractivity contribution < 1.29 is 19.1 Å². The third-order valence-corrected chi connectivity index (χ3v) is 8.30. The zero-order valence-corrected chi connectivity index (χ0v) is 23.9. The van der Waals surface area contributed by atoms with Gasteiger partial charge in [0.15, 0.2) is 0 Å². The quantitative estimate of drug-likeness (QED) is 0.251. The highest BCUT2D eigenvalue weighted by Crippen LogP contribution is 2.23. The van der Waals surface area contributed by atoms with Crippen LogP contribution in [0.2, 0.25) is 0 Å². The average Bonchev–Trinajstić information content (AvgIpc) is 3.63. The zero-order chi connectivity index (χ0) is 27.9. The standard InChI is InChI=1S/C31H36N4O4S/c1-3-39-31(37)23-13-16-35(17-14-23)30(36)28-21-40-29(33-28)20-34(19-22-8-10-25(38-2)11-9-22)15-12-24-18-32-27-7-5-4-6-26(24)27/h4-11,18,21,23,32H,3,12-17,19-20H2,1-2H3. The molecule has 40 heavy (non-hydrogen) atoms. The number of para-hydroxylation sites is 1. The lowest BCUT2D eigenvalue weighted by Gasteiger charge is -2.30. The van der Waals surface area contributed by atoms with Crippen LogP contribution in [0.4, 0.5) is 0 Å². The van der Waals surface area contributed by atoms with Gasteiger partial charge < -0.3 is 19.4 Å². The van der Waals surface area contributed by atoms with Crippen LogP contribution in [0.3, 0.4) is 0 Å². The Morgan fingerprint density at radius 2 is 1.88 bits per heavy atom. The highest BCUT2D eigenvalue weighted by atomic mass is 32.1. The zero-order valence-electron chi connectivity index (χ0n) is 23.1. The number of amides is 1. The van der Waals surface area contributed by atoms with Crippen molar-refractivity contribution in [1.29, 1.82) is 0 Å². The maximum absolute atomic E-state index is 13.2. The fourth-order valence-corrected chi connectivity index (χ4v) is 6.04. The first-order valence-electron chi connectivity index (χ1n) is 13.8. The molecule has 1 N–H and O–H groups in total. The summed E-state index contributed by atoms with van der Waals surface area (Å²) in [6.07, 6.45) is 4.25. The number of hydrogen-bond acceptors (Lipinski definition) is 7. The summed E-state index contributed by atoms with van der Waals surface area (Å²) in [5.74, 6) is 0.488. The molecule has 8 nitrogen and oxygen atoms in total. The molecular formula is C31H36N4O4S.